The molecule has 0 radical (unpaired) electrons. The summed E-state index contributed by atoms with van der Waals surface area (Å²) in [6.07, 6.45) is 2.57. The molecule has 2 heterocycles. The van der Waals surface area contributed by atoms with Gasteiger partial charge in [-0.2, -0.15) is 0 Å². The van der Waals surface area contributed by atoms with Gasteiger partial charge in [-0.25, -0.2) is 0 Å². The van der Waals surface area contributed by atoms with Crippen LogP contribution in [0.15, 0.2) is 22.8 Å². The third kappa shape index (κ3) is 1.85. The molecule has 5 heteroatoms. The first-order valence-electron chi connectivity index (χ1n) is 5.09. The fourth-order valence-electron chi connectivity index (χ4n) is 2.01. The Hall–Kier alpha value is -0.940. The smallest absolute Gasteiger partial charge is 0.315 e. The fraction of sp³-hybridized carbons (Fsp3) is 0.455. The second kappa shape index (κ2) is 4.51. The Morgan fingerprint density at radius 2 is 2.19 bits per heavy atom. The highest BCUT2D eigenvalue weighted by molar-refractivity contribution is 9.10. The van der Waals surface area contributed by atoms with E-state index in [-0.39, 0.29) is 0 Å². The van der Waals surface area contributed by atoms with E-state index in [1.165, 1.54) is 0 Å². The first-order chi connectivity index (χ1) is 7.67. The summed E-state index contributed by atoms with van der Waals surface area (Å²) in [6.45, 7) is 0.935. The predicted molar refractivity (Wildman–Crippen MR) is 61.3 cm³/mol. The molecule has 1 aromatic rings. The topological polar surface area (TPSA) is 59.4 Å². The van der Waals surface area contributed by atoms with E-state index >= 15 is 0 Å². The molecule has 1 aliphatic rings. The Morgan fingerprint density at radius 1 is 1.50 bits per heavy atom. The van der Waals surface area contributed by atoms with Crippen LogP contribution < -0.4 is 0 Å². The van der Waals surface area contributed by atoms with Gasteiger partial charge in [0.2, 0.25) is 0 Å². The molecule has 1 aromatic heterocycles. The molecule has 0 saturated carbocycles. The second-order valence-electron chi connectivity index (χ2n) is 3.83. The molecule has 1 fully saturated rings. The molecule has 0 amide bonds. The molecule has 0 aliphatic carbocycles. The Kier molecular flexibility index (Phi) is 3.25. The largest absolute Gasteiger partial charge is 0.481 e. The Bertz CT molecular complexity index is 402. The van der Waals surface area contributed by atoms with E-state index < -0.39 is 11.4 Å². The van der Waals surface area contributed by atoms with Gasteiger partial charge in [-0.3, -0.25) is 9.78 Å². The molecule has 0 unspecified atom stereocenters. The van der Waals surface area contributed by atoms with E-state index in [1.54, 1.807) is 12.3 Å². The summed E-state index contributed by atoms with van der Waals surface area (Å²) in [5, 5.41) is 9.45. The number of carboxylic acid groups (broad SMARTS) is 1. The summed E-state index contributed by atoms with van der Waals surface area (Å²) < 4.78 is 5.98. The van der Waals surface area contributed by atoms with Crippen LogP contribution in [0, 0.1) is 0 Å². The average Bonchev–Trinajstić information content (AvgIpc) is 2.30. The van der Waals surface area contributed by atoms with Crippen molar-refractivity contribution in [3.63, 3.8) is 0 Å². The Morgan fingerprint density at radius 3 is 2.75 bits per heavy atom. The van der Waals surface area contributed by atoms with Crippen molar-refractivity contribution in [1.29, 1.82) is 0 Å². The van der Waals surface area contributed by atoms with Gasteiger partial charge in [0.05, 0.1) is 5.69 Å². The van der Waals surface area contributed by atoms with Gasteiger partial charge in [-0.15, -0.1) is 0 Å². The van der Waals surface area contributed by atoms with Crippen molar-refractivity contribution in [3.8, 4) is 0 Å². The number of aromatic nitrogens is 1. The van der Waals surface area contributed by atoms with Crippen molar-refractivity contribution in [2.45, 2.75) is 18.3 Å². The third-order valence-corrected chi connectivity index (χ3v) is 3.61. The van der Waals surface area contributed by atoms with E-state index in [9.17, 15) is 9.90 Å². The van der Waals surface area contributed by atoms with Gasteiger partial charge in [0.15, 0.2) is 0 Å². The highest BCUT2D eigenvalue weighted by atomic mass is 79.9. The molecular formula is C11H12BrNO3. The lowest BCUT2D eigenvalue weighted by Crippen LogP contribution is -2.42. The molecule has 16 heavy (non-hydrogen) atoms. The summed E-state index contributed by atoms with van der Waals surface area (Å²) in [5.41, 5.74) is -0.302. The van der Waals surface area contributed by atoms with E-state index in [4.69, 9.17) is 4.74 Å². The van der Waals surface area contributed by atoms with Crippen molar-refractivity contribution >= 4 is 21.9 Å². The zero-order valence-electron chi connectivity index (χ0n) is 8.65. The molecule has 1 N–H and O–H groups in total. The van der Waals surface area contributed by atoms with Crippen molar-refractivity contribution in [1.82, 2.24) is 4.98 Å². The summed E-state index contributed by atoms with van der Waals surface area (Å²) in [4.78, 5) is 15.7. The van der Waals surface area contributed by atoms with Crippen LogP contribution in [0.3, 0.4) is 0 Å². The summed E-state index contributed by atoms with van der Waals surface area (Å²) in [7, 11) is 0. The van der Waals surface area contributed by atoms with Crippen LogP contribution in [0.4, 0.5) is 0 Å². The van der Waals surface area contributed by atoms with Crippen LogP contribution in [-0.4, -0.2) is 29.3 Å². The molecular weight excluding hydrogens is 274 g/mol. The van der Waals surface area contributed by atoms with Crippen LogP contribution in [0.5, 0.6) is 0 Å². The SMILES string of the molecule is O=C(O)C1(c2ncccc2Br)CCOCC1. The van der Waals surface area contributed by atoms with Gasteiger partial charge >= 0.3 is 5.97 Å². The highest BCUT2D eigenvalue weighted by Crippen LogP contribution is 2.37. The molecule has 0 spiro atoms. The zero-order chi connectivity index (χ0) is 11.6. The normalized spacial score (nSPS) is 19.3. The summed E-state index contributed by atoms with van der Waals surface area (Å²) in [5.74, 6) is -0.824. The Balaban J connectivity index is 2.47. The maximum Gasteiger partial charge on any atom is 0.315 e. The lowest BCUT2D eigenvalue weighted by atomic mass is 9.77. The quantitative estimate of drug-likeness (QED) is 0.903. The molecule has 4 nitrogen and oxygen atoms in total. The minimum Gasteiger partial charge on any atom is -0.481 e. The van der Waals surface area contributed by atoms with Gasteiger partial charge in [0, 0.05) is 23.9 Å². The van der Waals surface area contributed by atoms with Gasteiger partial charge < -0.3 is 9.84 Å². The van der Waals surface area contributed by atoms with Crippen LogP contribution in [0.1, 0.15) is 18.5 Å². The molecule has 0 aromatic carbocycles. The molecule has 0 bridgehead atoms. The number of hydrogen-bond acceptors (Lipinski definition) is 3. The standard InChI is InChI=1S/C11H12BrNO3/c12-8-2-1-5-13-9(8)11(10(14)15)3-6-16-7-4-11/h1-2,5H,3-4,6-7H2,(H,14,15). The number of carboxylic acids is 1. The molecule has 86 valence electrons. The number of pyridine rings is 1. The number of rotatable bonds is 2. The maximum atomic E-state index is 11.5. The van der Waals surface area contributed by atoms with E-state index in [0.29, 0.717) is 31.7 Å². The molecule has 1 aliphatic heterocycles. The summed E-state index contributed by atoms with van der Waals surface area (Å²) in [6, 6.07) is 3.60. The van der Waals surface area contributed by atoms with Gasteiger partial charge in [-0.1, -0.05) is 0 Å². The fourth-order valence-corrected chi connectivity index (χ4v) is 2.64. The monoisotopic (exact) mass is 285 g/mol. The molecule has 0 atom stereocenters. The van der Waals surface area contributed by atoms with Gasteiger partial charge in [0.1, 0.15) is 5.41 Å². The van der Waals surface area contributed by atoms with Crippen molar-refractivity contribution < 1.29 is 14.6 Å². The van der Waals surface area contributed by atoms with Crippen molar-refractivity contribution in [2.75, 3.05) is 13.2 Å². The number of ether oxygens (including phenoxy) is 1. The Labute approximate surface area is 102 Å². The summed E-state index contributed by atoms with van der Waals surface area (Å²) >= 11 is 3.37. The lowest BCUT2D eigenvalue weighted by molar-refractivity contribution is -0.148. The van der Waals surface area contributed by atoms with Gasteiger partial charge in [0.25, 0.3) is 0 Å². The van der Waals surface area contributed by atoms with Gasteiger partial charge in [-0.05, 0) is 40.9 Å². The van der Waals surface area contributed by atoms with Crippen LogP contribution in [0.2, 0.25) is 0 Å². The third-order valence-electron chi connectivity index (χ3n) is 2.97. The number of carbonyl (C=O) groups is 1. The number of aliphatic carboxylic acids is 1. The van der Waals surface area contributed by atoms with E-state index in [0.717, 1.165) is 4.47 Å². The maximum absolute atomic E-state index is 11.5. The minimum absolute atomic E-state index is 0.468. The second-order valence-corrected chi connectivity index (χ2v) is 4.69. The first kappa shape index (κ1) is 11.5. The number of halogens is 1. The molecule has 1 saturated heterocycles. The highest BCUT2D eigenvalue weighted by Gasteiger charge is 2.44. The van der Waals surface area contributed by atoms with Crippen molar-refractivity contribution in [2.24, 2.45) is 0 Å². The van der Waals surface area contributed by atoms with E-state index in [1.807, 2.05) is 6.07 Å². The number of nitrogens with zero attached hydrogens (tertiary/aromatic N) is 1. The van der Waals surface area contributed by atoms with Crippen LogP contribution in [0.25, 0.3) is 0 Å². The molecule has 2 rings (SSSR count). The predicted octanol–water partition coefficient (Wildman–Crippen LogP) is 1.98. The zero-order valence-corrected chi connectivity index (χ0v) is 10.2. The van der Waals surface area contributed by atoms with E-state index in [2.05, 4.69) is 20.9 Å². The number of hydrogen-bond donors (Lipinski definition) is 1. The van der Waals surface area contributed by atoms with Crippen LogP contribution in [-0.2, 0) is 14.9 Å². The van der Waals surface area contributed by atoms with Crippen LogP contribution >= 0.6 is 15.9 Å². The van der Waals surface area contributed by atoms with Crippen molar-refractivity contribution in [3.05, 3.63) is 28.5 Å². The average molecular weight is 286 g/mol. The first-order valence-corrected chi connectivity index (χ1v) is 5.88. The lowest BCUT2D eigenvalue weighted by Gasteiger charge is -2.33. The minimum atomic E-state index is -0.904.